The zero-order valence-electron chi connectivity index (χ0n) is 13.5. The van der Waals surface area contributed by atoms with Crippen LogP contribution < -0.4 is 15.9 Å². The maximum absolute atomic E-state index is 12.4. The van der Waals surface area contributed by atoms with Gasteiger partial charge in [0.05, 0.1) is 11.4 Å². The average Bonchev–Trinajstić information content (AvgIpc) is 2.67. The number of aliphatic hydroxyl groups is 1. The summed E-state index contributed by atoms with van der Waals surface area (Å²) in [6.07, 6.45) is 1.62. The lowest BCUT2D eigenvalue weighted by atomic mass is 9.85. The molecule has 3 aromatic rings. The molecule has 3 N–H and O–H groups in total. The van der Waals surface area contributed by atoms with E-state index < -0.39 is 18.0 Å². The van der Waals surface area contributed by atoms with Gasteiger partial charge in [0.15, 0.2) is 5.76 Å². The predicted molar refractivity (Wildman–Crippen MR) is 91.9 cm³/mol. The third-order valence-electron chi connectivity index (χ3n) is 4.28. The number of fused-ring (bicyclic) bond motifs is 2. The topological polar surface area (TPSA) is 122 Å². The second-order valence-corrected chi connectivity index (χ2v) is 5.77. The van der Waals surface area contributed by atoms with Crippen LogP contribution in [0.15, 0.2) is 63.3 Å². The molecule has 3 heterocycles. The van der Waals surface area contributed by atoms with E-state index in [1.165, 1.54) is 0 Å². The van der Waals surface area contributed by atoms with Gasteiger partial charge in [-0.3, -0.25) is 9.78 Å². The molecule has 1 atom stereocenters. The van der Waals surface area contributed by atoms with Crippen molar-refractivity contribution in [3.8, 4) is 11.8 Å². The number of ether oxygens (including phenoxy) is 1. The normalized spacial score (nSPS) is 16.1. The lowest BCUT2D eigenvalue weighted by molar-refractivity contribution is 0.231. The number of aliphatic hydroxyl groups excluding tert-OH is 1. The molecule has 7 nitrogen and oxygen atoms in total. The van der Waals surface area contributed by atoms with Crippen LogP contribution in [0.1, 0.15) is 23.0 Å². The summed E-state index contributed by atoms with van der Waals surface area (Å²) in [4.78, 5) is 16.7. The molecule has 4 rings (SSSR count). The molecule has 2 aromatic heterocycles. The molecule has 0 saturated carbocycles. The molecule has 1 aliphatic rings. The molecule has 26 heavy (non-hydrogen) atoms. The quantitative estimate of drug-likeness (QED) is 0.726. The second-order valence-electron chi connectivity index (χ2n) is 5.77. The van der Waals surface area contributed by atoms with E-state index in [-0.39, 0.29) is 28.7 Å². The van der Waals surface area contributed by atoms with E-state index in [1.807, 2.05) is 30.3 Å². The van der Waals surface area contributed by atoms with Crippen LogP contribution in [0.3, 0.4) is 0 Å². The number of nitrogens with zero attached hydrogens (tertiary/aromatic N) is 2. The summed E-state index contributed by atoms with van der Waals surface area (Å²) in [6, 6.07) is 12.4. The van der Waals surface area contributed by atoms with Crippen LogP contribution in [0, 0.1) is 11.3 Å². The third-order valence-corrected chi connectivity index (χ3v) is 4.28. The Morgan fingerprint density at radius 3 is 2.88 bits per heavy atom. The highest BCUT2D eigenvalue weighted by Gasteiger charge is 2.36. The fourth-order valence-corrected chi connectivity index (χ4v) is 3.14. The van der Waals surface area contributed by atoms with Crippen LogP contribution >= 0.6 is 0 Å². The van der Waals surface area contributed by atoms with Gasteiger partial charge in [-0.1, -0.05) is 18.2 Å². The molecule has 0 amide bonds. The largest absolute Gasteiger partial charge is 0.458 e. The molecule has 0 aliphatic carbocycles. The first-order valence-electron chi connectivity index (χ1n) is 7.83. The minimum absolute atomic E-state index is 0.0791. The van der Waals surface area contributed by atoms with Crippen molar-refractivity contribution in [3.05, 3.63) is 81.4 Å². The number of nitriles is 1. The molecule has 0 fully saturated rings. The predicted octanol–water partition coefficient (Wildman–Crippen LogP) is 1.90. The number of benzene rings is 1. The maximum atomic E-state index is 12.4. The van der Waals surface area contributed by atoms with Crippen LogP contribution in [-0.2, 0) is 6.61 Å². The van der Waals surface area contributed by atoms with Gasteiger partial charge >= 0.3 is 0 Å². The van der Waals surface area contributed by atoms with Gasteiger partial charge in [0.1, 0.15) is 24.0 Å². The molecule has 1 unspecified atom stereocenters. The molecule has 0 radical (unpaired) electrons. The zero-order valence-corrected chi connectivity index (χ0v) is 13.5. The summed E-state index contributed by atoms with van der Waals surface area (Å²) in [7, 11) is 0. The molecule has 1 aromatic carbocycles. The number of aromatic nitrogens is 1. The highest BCUT2D eigenvalue weighted by atomic mass is 16.5. The first-order valence-corrected chi connectivity index (χ1v) is 7.83. The zero-order chi connectivity index (χ0) is 18.3. The van der Waals surface area contributed by atoms with Gasteiger partial charge in [-0.25, -0.2) is 0 Å². The van der Waals surface area contributed by atoms with Crippen LogP contribution in [0.2, 0.25) is 0 Å². The van der Waals surface area contributed by atoms with E-state index in [2.05, 4.69) is 4.98 Å². The monoisotopic (exact) mass is 347 g/mol. The standard InChI is InChI=1S/C19H13N3O4/c20-8-13-16(12-5-6-22-14-4-2-1-3-11(12)14)18-17(26-19(13)21)15(24)7-10(9-23)25-18/h1-7,16,23H,9,21H2. The number of hydrogen-bond donors (Lipinski definition) is 2. The van der Waals surface area contributed by atoms with Crippen molar-refractivity contribution in [2.75, 3.05) is 0 Å². The van der Waals surface area contributed by atoms with E-state index in [0.29, 0.717) is 5.56 Å². The van der Waals surface area contributed by atoms with E-state index in [9.17, 15) is 15.2 Å². The molecular weight excluding hydrogens is 334 g/mol. The van der Waals surface area contributed by atoms with Gasteiger partial charge in [-0.2, -0.15) is 5.26 Å². The van der Waals surface area contributed by atoms with Crippen molar-refractivity contribution >= 4 is 10.9 Å². The lowest BCUT2D eigenvalue weighted by Gasteiger charge is -2.25. The van der Waals surface area contributed by atoms with Gasteiger partial charge in [0, 0.05) is 17.6 Å². The Bertz CT molecular complexity index is 1150. The number of rotatable bonds is 2. The third kappa shape index (κ3) is 2.32. The number of hydrogen-bond acceptors (Lipinski definition) is 7. The highest BCUT2D eigenvalue weighted by molar-refractivity contribution is 5.84. The summed E-state index contributed by atoms with van der Waals surface area (Å²) in [5, 5.41) is 19.8. The van der Waals surface area contributed by atoms with Gasteiger partial charge in [-0.15, -0.1) is 0 Å². The molecular formula is C19H13N3O4. The SMILES string of the molecule is N#CC1=C(N)Oc2c(oc(CO)cc2=O)C1c1ccnc2ccccc12. The molecule has 1 aliphatic heterocycles. The number of allylic oxidation sites excluding steroid dienone is 1. The lowest BCUT2D eigenvalue weighted by Crippen LogP contribution is -2.25. The first kappa shape index (κ1) is 15.9. The van der Waals surface area contributed by atoms with Crippen molar-refractivity contribution in [1.29, 1.82) is 5.26 Å². The van der Waals surface area contributed by atoms with Crippen molar-refractivity contribution in [2.24, 2.45) is 5.73 Å². The van der Waals surface area contributed by atoms with Crippen molar-refractivity contribution in [1.82, 2.24) is 4.98 Å². The summed E-state index contributed by atoms with van der Waals surface area (Å²) >= 11 is 0. The minimum atomic E-state index is -0.740. The smallest absolute Gasteiger partial charge is 0.228 e. The van der Waals surface area contributed by atoms with E-state index in [0.717, 1.165) is 17.0 Å². The summed E-state index contributed by atoms with van der Waals surface area (Å²) in [6.45, 7) is -0.451. The van der Waals surface area contributed by atoms with Crippen LogP contribution in [0.5, 0.6) is 5.75 Å². The summed E-state index contributed by atoms with van der Waals surface area (Å²) in [5.74, 6) is -0.738. The minimum Gasteiger partial charge on any atom is -0.458 e. The fraction of sp³-hybridized carbons (Fsp3) is 0.105. The molecule has 0 spiro atoms. The highest BCUT2D eigenvalue weighted by Crippen LogP contribution is 2.42. The fourth-order valence-electron chi connectivity index (χ4n) is 3.14. The molecule has 7 heteroatoms. The van der Waals surface area contributed by atoms with Gasteiger partial charge in [-0.05, 0) is 17.7 Å². The average molecular weight is 347 g/mol. The first-order chi connectivity index (χ1) is 12.6. The Morgan fingerprint density at radius 1 is 1.31 bits per heavy atom. The summed E-state index contributed by atoms with van der Waals surface area (Å²) < 4.78 is 11.1. The Morgan fingerprint density at radius 2 is 2.12 bits per heavy atom. The van der Waals surface area contributed by atoms with E-state index in [4.69, 9.17) is 14.9 Å². The van der Waals surface area contributed by atoms with Crippen molar-refractivity contribution in [3.63, 3.8) is 0 Å². The Labute approximate surface area is 147 Å². The van der Waals surface area contributed by atoms with Gasteiger partial charge in [0.25, 0.3) is 0 Å². The Kier molecular flexibility index (Phi) is 3.68. The maximum Gasteiger partial charge on any atom is 0.228 e. The van der Waals surface area contributed by atoms with E-state index >= 15 is 0 Å². The van der Waals surface area contributed by atoms with Gasteiger partial charge < -0.3 is 20.0 Å². The number of pyridine rings is 1. The summed E-state index contributed by atoms with van der Waals surface area (Å²) in [5.41, 5.74) is 7.00. The van der Waals surface area contributed by atoms with Gasteiger partial charge in [0.2, 0.25) is 17.1 Å². The number of para-hydroxylation sites is 1. The Hall–Kier alpha value is -3.63. The number of nitrogens with two attached hydrogens (primary N) is 1. The van der Waals surface area contributed by atoms with Crippen LogP contribution in [0.4, 0.5) is 0 Å². The van der Waals surface area contributed by atoms with Crippen LogP contribution in [-0.4, -0.2) is 10.1 Å². The van der Waals surface area contributed by atoms with Crippen LogP contribution in [0.25, 0.3) is 10.9 Å². The molecule has 0 bridgehead atoms. The molecule has 128 valence electrons. The second kappa shape index (κ2) is 6.02. The Balaban J connectivity index is 2.08. The van der Waals surface area contributed by atoms with E-state index in [1.54, 1.807) is 12.3 Å². The van der Waals surface area contributed by atoms with Crippen molar-refractivity contribution in [2.45, 2.75) is 12.5 Å². The van der Waals surface area contributed by atoms with Crippen molar-refractivity contribution < 1.29 is 14.3 Å². The molecule has 0 saturated heterocycles.